The summed E-state index contributed by atoms with van der Waals surface area (Å²) >= 11 is 5.52. The summed E-state index contributed by atoms with van der Waals surface area (Å²) in [6.45, 7) is 0. The van der Waals surface area contributed by atoms with Gasteiger partial charge in [0.1, 0.15) is 16.5 Å². The molecule has 2 N–H and O–H groups in total. The summed E-state index contributed by atoms with van der Waals surface area (Å²) in [4.78, 5) is 29.0. The van der Waals surface area contributed by atoms with Crippen molar-refractivity contribution in [1.29, 1.82) is 0 Å². The lowest BCUT2D eigenvalue weighted by Crippen LogP contribution is -2.44. The number of anilines is 1. The third-order valence-electron chi connectivity index (χ3n) is 4.34. The molecule has 0 amide bonds. The average Bonchev–Trinajstić information content (AvgIpc) is 2.72. The Bertz CT molecular complexity index is 1020. The van der Waals surface area contributed by atoms with Crippen LogP contribution in [0.4, 0.5) is 32.2 Å². The lowest BCUT2D eigenvalue weighted by molar-refractivity contribution is -0.0794. The highest BCUT2D eigenvalue weighted by molar-refractivity contribution is 6.32. The summed E-state index contributed by atoms with van der Waals surface area (Å²) < 4.78 is 78.9. The van der Waals surface area contributed by atoms with Crippen LogP contribution in [-0.2, 0) is 4.74 Å². The fourth-order valence-corrected chi connectivity index (χ4v) is 2.85. The summed E-state index contributed by atoms with van der Waals surface area (Å²) in [7, 11) is 1.13. The highest BCUT2D eigenvalue weighted by Gasteiger charge is 2.45. The number of carbonyl (C=O) groups is 2. The number of nitrogens with one attached hydrogen (secondary N) is 1. The third kappa shape index (κ3) is 6.94. The van der Waals surface area contributed by atoms with Crippen LogP contribution in [0.1, 0.15) is 57.5 Å². The van der Waals surface area contributed by atoms with Crippen LogP contribution in [0.25, 0.3) is 0 Å². The molecule has 33 heavy (non-hydrogen) atoms. The molecule has 0 aromatic carbocycles. The topological polar surface area (TPSA) is 101 Å². The number of aromatic carboxylic acids is 1. The molecule has 0 bridgehead atoms. The molecule has 0 spiro atoms. The van der Waals surface area contributed by atoms with E-state index in [4.69, 9.17) is 16.7 Å². The molecular weight excluding hydrogens is 484 g/mol. The Morgan fingerprint density at radius 1 is 1.09 bits per heavy atom. The first kappa shape index (κ1) is 26.2. The van der Waals surface area contributed by atoms with Gasteiger partial charge in [-0.1, -0.05) is 11.6 Å². The van der Waals surface area contributed by atoms with E-state index in [9.17, 15) is 35.9 Å². The first-order chi connectivity index (χ1) is 15.3. The van der Waals surface area contributed by atoms with Gasteiger partial charge in [-0.05, 0) is 12.1 Å². The number of ether oxygens (including phenoxy) is 1. The number of carboxylic acids is 1. The molecule has 7 nitrogen and oxygen atoms in total. The number of halogens is 7. The van der Waals surface area contributed by atoms with E-state index in [-0.39, 0.29) is 22.1 Å². The SMILES string of the molecule is COC(=O)c1cc(C(F)F)cnc1Cl.O=C(O)c1cc(C(F)F)cnc1NC1CC(F)(F)C1. The van der Waals surface area contributed by atoms with E-state index in [0.29, 0.717) is 0 Å². The number of hydrogen-bond acceptors (Lipinski definition) is 6. The van der Waals surface area contributed by atoms with E-state index < -0.39 is 60.7 Å². The lowest BCUT2D eigenvalue weighted by Gasteiger charge is -2.35. The van der Waals surface area contributed by atoms with Gasteiger partial charge in [-0.3, -0.25) is 0 Å². The molecule has 0 radical (unpaired) electrons. The van der Waals surface area contributed by atoms with Crippen LogP contribution in [-0.4, -0.2) is 46.1 Å². The van der Waals surface area contributed by atoms with Gasteiger partial charge in [-0.25, -0.2) is 45.9 Å². The molecule has 2 heterocycles. The van der Waals surface area contributed by atoms with Gasteiger partial charge >= 0.3 is 11.9 Å². The van der Waals surface area contributed by atoms with Gasteiger partial charge in [-0.2, -0.15) is 0 Å². The van der Waals surface area contributed by atoms with E-state index in [1.54, 1.807) is 0 Å². The number of hydrogen-bond donors (Lipinski definition) is 2. The summed E-state index contributed by atoms with van der Waals surface area (Å²) in [5.41, 5.74) is -1.50. The number of alkyl halides is 6. The normalized spacial score (nSPS) is 14.8. The Morgan fingerprint density at radius 2 is 1.61 bits per heavy atom. The van der Waals surface area contributed by atoms with Gasteiger partial charge in [0, 0.05) is 42.4 Å². The van der Waals surface area contributed by atoms with E-state index >= 15 is 0 Å². The molecule has 0 unspecified atom stereocenters. The van der Waals surface area contributed by atoms with Gasteiger partial charge < -0.3 is 15.2 Å². The number of methoxy groups -OCH3 is 1. The maximum absolute atomic E-state index is 12.6. The van der Waals surface area contributed by atoms with Crippen molar-refractivity contribution < 1.29 is 45.8 Å². The molecule has 0 saturated heterocycles. The minimum Gasteiger partial charge on any atom is -0.478 e. The van der Waals surface area contributed by atoms with Gasteiger partial charge in [0.05, 0.1) is 12.7 Å². The van der Waals surface area contributed by atoms with Gasteiger partial charge in [0.25, 0.3) is 18.8 Å². The monoisotopic (exact) mass is 499 g/mol. The summed E-state index contributed by atoms with van der Waals surface area (Å²) in [5, 5.41) is 11.3. The molecule has 0 aliphatic heterocycles. The smallest absolute Gasteiger partial charge is 0.341 e. The minimum absolute atomic E-state index is 0.152. The van der Waals surface area contributed by atoms with E-state index in [1.807, 2.05) is 0 Å². The number of rotatable bonds is 6. The summed E-state index contributed by atoms with van der Waals surface area (Å²) in [6.07, 6.45) is -4.64. The standard InChI is InChI=1S/C11H10F4N2O2.C8H6ClF2NO2/c12-8(13)5-1-7(10(18)19)9(16-4-5)17-6-2-11(14,15)3-6;1-14-8(13)5-2-4(7(10)11)3-12-6(5)9/h1,4,6,8H,2-3H2,(H,16,17)(H,18,19);2-3,7H,1H3. The predicted molar refractivity (Wildman–Crippen MR) is 103 cm³/mol. The summed E-state index contributed by atoms with van der Waals surface area (Å²) in [6, 6.07) is 1.16. The second-order valence-corrected chi connectivity index (χ2v) is 7.13. The average molecular weight is 500 g/mol. The van der Waals surface area contributed by atoms with Crippen molar-refractivity contribution in [2.75, 3.05) is 12.4 Å². The predicted octanol–water partition coefficient (Wildman–Crippen LogP) is 5.39. The molecule has 2 aromatic rings. The first-order valence-electron chi connectivity index (χ1n) is 9.02. The highest BCUT2D eigenvalue weighted by atomic mass is 35.5. The molecule has 1 fully saturated rings. The van der Waals surface area contributed by atoms with Crippen LogP contribution < -0.4 is 5.32 Å². The molecule has 2 aromatic heterocycles. The molecule has 1 aliphatic carbocycles. The van der Waals surface area contributed by atoms with Crippen molar-refractivity contribution in [3.8, 4) is 0 Å². The first-order valence-corrected chi connectivity index (χ1v) is 9.40. The van der Waals surface area contributed by atoms with Crippen LogP contribution in [0.15, 0.2) is 24.5 Å². The zero-order valence-electron chi connectivity index (χ0n) is 16.7. The third-order valence-corrected chi connectivity index (χ3v) is 4.64. The number of nitrogens with zero attached hydrogens (tertiary/aromatic N) is 2. The quantitative estimate of drug-likeness (QED) is 0.312. The van der Waals surface area contributed by atoms with Crippen LogP contribution in [0.5, 0.6) is 0 Å². The van der Waals surface area contributed by atoms with Gasteiger partial charge in [0.2, 0.25) is 0 Å². The molecule has 3 rings (SSSR count). The van der Waals surface area contributed by atoms with Crippen molar-refractivity contribution in [1.82, 2.24) is 9.97 Å². The Hall–Kier alpha value is -3.09. The second-order valence-electron chi connectivity index (χ2n) is 6.78. The van der Waals surface area contributed by atoms with Crippen LogP contribution in [0.2, 0.25) is 5.15 Å². The number of pyridine rings is 2. The summed E-state index contributed by atoms with van der Waals surface area (Å²) in [5.74, 6) is -5.16. The number of aromatic nitrogens is 2. The van der Waals surface area contributed by atoms with Crippen molar-refractivity contribution in [3.05, 3.63) is 51.9 Å². The molecule has 0 atom stereocenters. The van der Waals surface area contributed by atoms with Crippen molar-refractivity contribution in [2.24, 2.45) is 0 Å². The van der Waals surface area contributed by atoms with Crippen LogP contribution in [0.3, 0.4) is 0 Å². The van der Waals surface area contributed by atoms with Crippen molar-refractivity contribution in [2.45, 2.75) is 37.7 Å². The Labute approximate surface area is 187 Å². The second kappa shape index (κ2) is 10.7. The largest absolute Gasteiger partial charge is 0.478 e. The Balaban J connectivity index is 0.000000245. The van der Waals surface area contributed by atoms with E-state index in [1.165, 1.54) is 0 Å². The van der Waals surface area contributed by atoms with Crippen LogP contribution >= 0.6 is 11.6 Å². The zero-order chi connectivity index (χ0) is 24.9. The number of carboxylic acid groups (broad SMARTS) is 1. The molecule has 1 saturated carbocycles. The maximum Gasteiger partial charge on any atom is 0.341 e. The molecule has 14 heteroatoms. The number of carbonyl (C=O) groups excluding carboxylic acids is 1. The Kier molecular flexibility index (Phi) is 8.47. The van der Waals surface area contributed by atoms with Gasteiger partial charge in [-0.15, -0.1) is 0 Å². The molecule has 180 valence electrons. The lowest BCUT2D eigenvalue weighted by atomic mass is 9.88. The van der Waals surface area contributed by atoms with Crippen molar-refractivity contribution in [3.63, 3.8) is 0 Å². The fraction of sp³-hybridized carbons (Fsp3) is 0.368. The minimum atomic E-state index is -2.84. The van der Waals surface area contributed by atoms with Crippen molar-refractivity contribution >= 4 is 29.4 Å². The maximum atomic E-state index is 12.6. The van der Waals surface area contributed by atoms with E-state index in [2.05, 4.69) is 20.0 Å². The number of esters is 1. The Morgan fingerprint density at radius 3 is 2.06 bits per heavy atom. The highest BCUT2D eigenvalue weighted by Crippen LogP contribution is 2.39. The molecular formula is C19H16ClF6N3O4. The van der Waals surface area contributed by atoms with E-state index in [0.717, 1.165) is 31.6 Å². The molecule has 1 aliphatic rings. The van der Waals surface area contributed by atoms with Gasteiger partial charge in [0.15, 0.2) is 0 Å². The van der Waals surface area contributed by atoms with Crippen LogP contribution in [0, 0.1) is 0 Å². The fourth-order valence-electron chi connectivity index (χ4n) is 2.67. The zero-order valence-corrected chi connectivity index (χ0v) is 17.4.